The number of para-hydroxylation sites is 1. The number of allylic oxidation sites excluding steroid dienone is 1. The quantitative estimate of drug-likeness (QED) is 0.213. The summed E-state index contributed by atoms with van der Waals surface area (Å²) >= 11 is 0. The molecule has 0 spiro atoms. The van der Waals surface area contributed by atoms with Crippen LogP contribution in [0.1, 0.15) is 63.6 Å². The Kier molecular flexibility index (Phi) is 8.00. The molecule has 1 atom stereocenters. The summed E-state index contributed by atoms with van der Waals surface area (Å²) in [7, 11) is -2.27. The fourth-order valence-corrected chi connectivity index (χ4v) is 5.78. The van der Waals surface area contributed by atoms with Gasteiger partial charge in [0.25, 0.3) is 0 Å². The van der Waals surface area contributed by atoms with E-state index in [1.807, 2.05) is 24.3 Å². The molecule has 200 valence electrons. The van der Waals surface area contributed by atoms with Crippen molar-refractivity contribution in [1.29, 1.82) is 0 Å². The zero-order chi connectivity index (χ0) is 27.7. The number of carboxylic acid groups (broad SMARTS) is 1. The number of halogens is 1. The molecule has 1 heterocycles. The highest BCUT2D eigenvalue weighted by Crippen LogP contribution is 2.45. The van der Waals surface area contributed by atoms with Crippen LogP contribution in [0.4, 0.5) is 4.39 Å². The molecule has 0 aliphatic heterocycles. The number of aromatic nitrogens is 1. The number of pyridine rings is 1. The van der Waals surface area contributed by atoms with E-state index in [0.717, 1.165) is 46.1 Å². The molecule has 0 bridgehead atoms. The third-order valence-electron chi connectivity index (χ3n) is 7.59. The van der Waals surface area contributed by atoms with Crippen LogP contribution in [-0.4, -0.2) is 36.3 Å². The zero-order valence-corrected chi connectivity index (χ0v) is 23.8. The predicted molar refractivity (Wildman–Crippen MR) is 152 cm³/mol. The minimum Gasteiger partial charge on any atom is -0.481 e. The third kappa shape index (κ3) is 6.45. The van der Waals surface area contributed by atoms with Crippen molar-refractivity contribution in [2.24, 2.45) is 0 Å². The summed E-state index contributed by atoms with van der Waals surface area (Å²) in [4.78, 5) is 29.7. The first kappa shape index (κ1) is 27.9. The molecular weight excluding hydrogens is 497 g/mol. The lowest BCUT2D eigenvalue weighted by Crippen LogP contribution is -2.44. The molecule has 0 saturated heterocycles. The Morgan fingerprint density at radius 2 is 1.76 bits per heavy atom. The molecule has 0 radical (unpaired) electrons. The van der Waals surface area contributed by atoms with Crippen LogP contribution >= 0.6 is 0 Å². The third-order valence-corrected chi connectivity index (χ3v) is 12.1. The summed E-state index contributed by atoms with van der Waals surface area (Å²) in [5.41, 5.74) is 4.42. The Labute approximate surface area is 224 Å². The van der Waals surface area contributed by atoms with Crippen LogP contribution in [0.3, 0.4) is 0 Å². The van der Waals surface area contributed by atoms with E-state index >= 15 is 0 Å². The summed E-state index contributed by atoms with van der Waals surface area (Å²) in [6, 6.07) is 14.2. The van der Waals surface area contributed by atoms with Gasteiger partial charge in [0, 0.05) is 28.9 Å². The molecule has 38 heavy (non-hydrogen) atoms. The molecular formula is C31H36FNO4Si. The lowest BCUT2D eigenvalue weighted by atomic mass is 9.92. The predicted octanol–water partition coefficient (Wildman–Crippen LogP) is 7.76. The smallest absolute Gasteiger partial charge is 0.305 e. The maximum Gasteiger partial charge on any atom is 0.305 e. The summed E-state index contributed by atoms with van der Waals surface area (Å²) in [6.07, 6.45) is 4.46. The van der Waals surface area contributed by atoms with E-state index in [9.17, 15) is 19.1 Å². The molecule has 4 rings (SSSR count). The van der Waals surface area contributed by atoms with E-state index < -0.39 is 20.4 Å². The van der Waals surface area contributed by atoms with Crippen molar-refractivity contribution in [2.75, 3.05) is 0 Å². The van der Waals surface area contributed by atoms with Gasteiger partial charge in [-0.3, -0.25) is 14.6 Å². The van der Waals surface area contributed by atoms with Crippen LogP contribution in [0.15, 0.2) is 54.6 Å². The minimum atomic E-state index is -2.27. The van der Waals surface area contributed by atoms with Crippen molar-refractivity contribution in [2.45, 2.75) is 76.6 Å². The van der Waals surface area contributed by atoms with Gasteiger partial charge in [-0.2, -0.15) is 0 Å². The van der Waals surface area contributed by atoms with Crippen LogP contribution in [0.25, 0.3) is 28.1 Å². The summed E-state index contributed by atoms with van der Waals surface area (Å²) in [5.74, 6) is -1.18. The van der Waals surface area contributed by atoms with E-state index in [-0.39, 0.29) is 29.5 Å². The first-order valence-electron chi connectivity index (χ1n) is 13.1. The van der Waals surface area contributed by atoms with Gasteiger partial charge in [0.1, 0.15) is 5.82 Å². The average molecular weight is 534 g/mol. The van der Waals surface area contributed by atoms with E-state index in [4.69, 9.17) is 9.41 Å². The largest absolute Gasteiger partial charge is 0.481 e. The van der Waals surface area contributed by atoms with Crippen LogP contribution in [-0.2, 0) is 14.0 Å². The first-order valence-corrected chi connectivity index (χ1v) is 16.1. The normalized spacial score (nSPS) is 15.2. The van der Waals surface area contributed by atoms with Gasteiger partial charge in [-0.05, 0) is 66.9 Å². The van der Waals surface area contributed by atoms with Crippen molar-refractivity contribution in [3.05, 3.63) is 71.7 Å². The molecule has 1 N–H and O–H groups in total. The Balaban J connectivity index is 1.71. The highest BCUT2D eigenvalue weighted by Gasteiger charge is 2.40. The van der Waals surface area contributed by atoms with Crippen molar-refractivity contribution in [3.8, 4) is 11.1 Å². The maximum atomic E-state index is 13.8. The number of fused-ring (bicyclic) bond motifs is 1. The van der Waals surface area contributed by atoms with Gasteiger partial charge < -0.3 is 9.53 Å². The number of hydrogen-bond acceptors (Lipinski definition) is 4. The fourth-order valence-electron chi connectivity index (χ4n) is 4.42. The first-order chi connectivity index (χ1) is 17.9. The number of benzene rings is 2. The number of nitrogens with zero attached hydrogens (tertiary/aromatic N) is 1. The van der Waals surface area contributed by atoms with Crippen molar-refractivity contribution < 1.29 is 23.5 Å². The second-order valence-electron chi connectivity index (χ2n) is 11.7. The molecule has 1 aliphatic rings. The SMILES string of the molecule is CC(C)(C)[Si](C)(C)O[C@@H](CC(=O)O)CC(=O)/C=C/c1c(C2CC2)nc2ccccc2c1-c1ccc(F)cc1. The number of hydrogen-bond donors (Lipinski definition) is 1. The van der Waals surface area contributed by atoms with Crippen LogP contribution in [0, 0.1) is 5.82 Å². The van der Waals surface area contributed by atoms with Crippen LogP contribution in [0.2, 0.25) is 18.1 Å². The topological polar surface area (TPSA) is 76.5 Å². The van der Waals surface area contributed by atoms with Crippen molar-refractivity contribution >= 4 is 37.0 Å². The van der Waals surface area contributed by atoms with Gasteiger partial charge in [0.2, 0.25) is 0 Å². The second kappa shape index (κ2) is 10.9. The Bertz CT molecular complexity index is 1370. The molecule has 7 heteroatoms. The lowest BCUT2D eigenvalue weighted by molar-refractivity contribution is -0.139. The lowest BCUT2D eigenvalue weighted by Gasteiger charge is -2.38. The molecule has 3 aromatic rings. The maximum absolute atomic E-state index is 13.8. The number of carboxylic acids is 1. The second-order valence-corrected chi connectivity index (χ2v) is 16.4. The monoisotopic (exact) mass is 533 g/mol. The summed E-state index contributed by atoms with van der Waals surface area (Å²) in [5, 5.41) is 10.3. The van der Waals surface area contributed by atoms with Gasteiger partial charge >= 0.3 is 5.97 Å². The molecule has 0 amide bonds. The van der Waals surface area contributed by atoms with E-state index in [1.165, 1.54) is 18.2 Å². The zero-order valence-electron chi connectivity index (χ0n) is 22.8. The average Bonchev–Trinajstić information content (AvgIpc) is 3.66. The molecule has 1 saturated carbocycles. The van der Waals surface area contributed by atoms with Gasteiger partial charge in [-0.1, -0.05) is 51.1 Å². The summed E-state index contributed by atoms with van der Waals surface area (Å²) in [6.45, 7) is 10.4. The van der Waals surface area contributed by atoms with Gasteiger partial charge in [-0.25, -0.2) is 4.39 Å². The summed E-state index contributed by atoms with van der Waals surface area (Å²) < 4.78 is 20.1. The molecule has 1 aliphatic carbocycles. The standard InChI is InChI=1S/C31H36FNO4Si/c1-31(2,3)38(4,5)37-24(19-28(35)36)18-23(34)16-17-26-29(20-12-14-22(32)15-13-20)25-8-6-7-9-27(25)33-30(26)21-10-11-21/h6-9,12-17,21,24H,10-11,18-19H2,1-5H3,(H,35,36)/b17-16+/t24-/m1/s1. The molecule has 1 fully saturated rings. The number of carbonyl (C=O) groups excluding carboxylic acids is 1. The van der Waals surface area contributed by atoms with Crippen LogP contribution < -0.4 is 0 Å². The highest BCUT2D eigenvalue weighted by atomic mass is 28.4. The number of ketones is 1. The number of rotatable bonds is 10. The van der Waals surface area contributed by atoms with Gasteiger partial charge in [0.15, 0.2) is 14.1 Å². The minimum absolute atomic E-state index is 0.0129. The van der Waals surface area contributed by atoms with E-state index in [2.05, 4.69) is 33.9 Å². The number of carbonyl (C=O) groups is 2. The molecule has 1 aromatic heterocycles. The van der Waals surface area contributed by atoms with Gasteiger partial charge in [-0.15, -0.1) is 0 Å². The molecule has 0 unspecified atom stereocenters. The Morgan fingerprint density at radius 3 is 2.37 bits per heavy atom. The molecule has 2 aromatic carbocycles. The molecule has 5 nitrogen and oxygen atoms in total. The van der Waals surface area contributed by atoms with Crippen molar-refractivity contribution in [3.63, 3.8) is 0 Å². The van der Waals surface area contributed by atoms with E-state index in [1.54, 1.807) is 18.2 Å². The highest BCUT2D eigenvalue weighted by molar-refractivity contribution is 6.74. The van der Waals surface area contributed by atoms with Crippen LogP contribution in [0.5, 0.6) is 0 Å². The van der Waals surface area contributed by atoms with E-state index in [0.29, 0.717) is 5.92 Å². The Hall–Kier alpha value is -3.16. The van der Waals surface area contributed by atoms with Gasteiger partial charge in [0.05, 0.1) is 23.7 Å². The Morgan fingerprint density at radius 1 is 1.11 bits per heavy atom. The van der Waals surface area contributed by atoms with Crippen molar-refractivity contribution in [1.82, 2.24) is 4.98 Å². The number of aliphatic carboxylic acids is 1. The fraction of sp³-hybridized carbons (Fsp3) is 0.387.